The van der Waals surface area contributed by atoms with Gasteiger partial charge in [0.15, 0.2) is 0 Å². The first-order valence-electron chi connectivity index (χ1n) is 28.9. The Morgan fingerprint density at radius 2 is 0.738 bits per heavy atom. The third-order valence-electron chi connectivity index (χ3n) is 13.6. The quantitative estimate of drug-likeness (QED) is 0.0319. The Balaban J connectivity index is 3.85. The average molecular weight is 945 g/mol. The number of likely N-dealkylation sites (N-methyl/N-ethyl adjacent to an activating group) is 1. The average Bonchev–Trinajstić information content (AvgIpc) is 3.26. The van der Waals surface area contributed by atoms with Crippen LogP contribution in [0.25, 0.3) is 0 Å². The van der Waals surface area contributed by atoms with Crippen LogP contribution in [0.4, 0.5) is 0 Å². The molecule has 0 rings (SSSR count). The van der Waals surface area contributed by atoms with E-state index < -0.39 is 20.0 Å². The number of nitrogens with one attached hydrogen (secondary N) is 1. The molecule has 0 bridgehead atoms. The van der Waals surface area contributed by atoms with Crippen LogP contribution in [-0.4, -0.2) is 73.4 Å². The van der Waals surface area contributed by atoms with Crippen LogP contribution in [0.2, 0.25) is 0 Å². The van der Waals surface area contributed by atoms with E-state index in [1.807, 2.05) is 21.1 Å². The number of phosphoric acid groups is 1. The van der Waals surface area contributed by atoms with Crippen LogP contribution in [0, 0.1) is 0 Å². The van der Waals surface area contributed by atoms with Gasteiger partial charge in [0.25, 0.3) is 0 Å². The summed E-state index contributed by atoms with van der Waals surface area (Å²) in [4.78, 5) is 23.2. The number of aliphatic hydroxyl groups excluding tert-OH is 1. The van der Waals surface area contributed by atoms with E-state index in [1.54, 1.807) is 0 Å². The van der Waals surface area contributed by atoms with Gasteiger partial charge in [0, 0.05) is 6.42 Å². The summed E-state index contributed by atoms with van der Waals surface area (Å²) in [6.45, 7) is 4.91. The Morgan fingerprint density at radius 3 is 1.03 bits per heavy atom. The van der Waals surface area contributed by atoms with Crippen molar-refractivity contribution < 1.29 is 32.9 Å². The fraction of sp³-hybridized carbons (Fsp3) is 0.982. The second-order valence-corrected chi connectivity index (χ2v) is 22.8. The number of carbonyl (C=O) groups excluding carboxylic acids is 1. The second kappa shape index (κ2) is 48.5. The molecule has 0 aliphatic rings. The first kappa shape index (κ1) is 64.5. The lowest BCUT2D eigenvalue weighted by Gasteiger charge is -2.26. The zero-order valence-corrected chi connectivity index (χ0v) is 45.4. The molecule has 0 heterocycles. The monoisotopic (exact) mass is 944 g/mol. The van der Waals surface area contributed by atoms with Crippen molar-refractivity contribution in [2.24, 2.45) is 0 Å². The minimum atomic E-state index is -4.31. The van der Waals surface area contributed by atoms with Crippen LogP contribution in [-0.2, 0) is 18.4 Å². The Morgan fingerprint density at radius 1 is 0.462 bits per heavy atom. The molecule has 1 unspecified atom stereocenters. The van der Waals surface area contributed by atoms with Gasteiger partial charge in [-0.2, -0.15) is 0 Å². The molecular formula is C56H116N2O6P+. The summed E-state index contributed by atoms with van der Waals surface area (Å²) in [5, 5.41) is 14.0. The highest BCUT2D eigenvalue weighted by Crippen LogP contribution is 2.43. The third kappa shape index (κ3) is 51.2. The first-order valence-corrected chi connectivity index (χ1v) is 30.4. The largest absolute Gasteiger partial charge is 0.472 e. The van der Waals surface area contributed by atoms with Crippen LogP contribution >= 0.6 is 7.82 Å². The van der Waals surface area contributed by atoms with Crippen LogP contribution < -0.4 is 5.32 Å². The number of carbonyl (C=O) groups is 1. The van der Waals surface area contributed by atoms with E-state index in [-0.39, 0.29) is 19.1 Å². The normalized spacial score (nSPS) is 13.9. The minimum absolute atomic E-state index is 0.0786. The van der Waals surface area contributed by atoms with E-state index in [9.17, 15) is 19.4 Å². The molecular weight excluding hydrogens is 828 g/mol. The van der Waals surface area contributed by atoms with E-state index in [4.69, 9.17) is 9.05 Å². The Hall–Kier alpha value is -0.500. The maximum atomic E-state index is 12.9. The summed E-state index contributed by atoms with van der Waals surface area (Å²) in [6, 6.07) is -0.753. The van der Waals surface area contributed by atoms with Crippen molar-refractivity contribution in [3.8, 4) is 0 Å². The van der Waals surface area contributed by atoms with Gasteiger partial charge < -0.3 is 19.8 Å². The van der Waals surface area contributed by atoms with Gasteiger partial charge in [-0.25, -0.2) is 4.57 Å². The molecule has 1 amide bonds. The van der Waals surface area contributed by atoms with Gasteiger partial charge in [-0.15, -0.1) is 0 Å². The molecule has 0 fully saturated rings. The molecule has 390 valence electrons. The van der Waals surface area contributed by atoms with Gasteiger partial charge >= 0.3 is 7.82 Å². The van der Waals surface area contributed by atoms with Gasteiger partial charge in [-0.3, -0.25) is 13.8 Å². The molecule has 0 spiro atoms. The minimum Gasteiger partial charge on any atom is -0.391 e. The van der Waals surface area contributed by atoms with Crippen molar-refractivity contribution >= 4 is 13.7 Å². The predicted octanol–water partition coefficient (Wildman–Crippen LogP) is 17.3. The number of amides is 1. The van der Waals surface area contributed by atoms with Crippen molar-refractivity contribution in [2.75, 3.05) is 40.9 Å². The Labute approximate surface area is 406 Å². The zero-order valence-electron chi connectivity index (χ0n) is 44.5. The molecule has 0 radical (unpaired) electrons. The Bertz CT molecular complexity index is 1030. The number of hydrogen-bond donors (Lipinski definition) is 3. The number of quaternary nitrogens is 1. The number of phosphoric ester groups is 1. The maximum Gasteiger partial charge on any atom is 0.472 e. The lowest BCUT2D eigenvalue weighted by Crippen LogP contribution is -2.46. The highest BCUT2D eigenvalue weighted by atomic mass is 31.2. The zero-order chi connectivity index (χ0) is 47.8. The van der Waals surface area contributed by atoms with Crippen molar-refractivity contribution in [2.45, 2.75) is 315 Å². The highest BCUT2D eigenvalue weighted by Gasteiger charge is 2.28. The summed E-state index contributed by atoms with van der Waals surface area (Å²) < 4.78 is 23.7. The van der Waals surface area contributed by atoms with E-state index in [0.717, 1.165) is 38.5 Å². The molecule has 9 heteroatoms. The first-order chi connectivity index (χ1) is 31.5. The van der Waals surface area contributed by atoms with E-state index in [2.05, 4.69) is 19.2 Å². The number of unbranched alkanes of at least 4 members (excludes halogenated alkanes) is 41. The molecule has 0 aromatic rings. The van der Waals surface area contributed by atoms with Crippen molar-refractivity contribution in [1.29, 1.82) is 0 Å². The van der Waals surface area contributed by atoms with Gasteiger partial charge in [0.1, 0.15) is 13.2 Å². The van der Waals surface area contributed by atoms with E-state index in [0.29, 0.717) is 23.9 Å². The number of rotatable bonds is 54. The van der Waals surface area contributed by atoms with E-state index in [1.165, 1.54) is 238 Å². The summed E-state index contributed by atoms with van der Waals surface area (Å²) >= 11 is 0. The van der Waals surface area contributed by atoms with Gasteiger partial charge in [0.05, 0.1) is 39.9 Å². The van der Waals surface area contributed by atoms with Crippen molar-refractivity contribution in [1.82, 2.24) is 5.32 Å². The van der Waals surface area contributed by atoms with Gasteiger partial charge in [-0.05, 0) is 12.8 Å². The van der Waals surface area contributed by atoms with Crippen LogP contribution in [0.3, 0.4) is 0 Å². The van der Waals surface area contributed by atoms with Crippen LogP contribution in [0.15, 0.2) is 0 Å². The summed E-state index contributed by atoms with van der Waals surface area (Å²) in [5.41, 5.74) is 0. The molecule has 3 N–H and O–H groups in total. The molecule has 65 heavy (non-hydrogen) atoms. The molecule has 0 aromatic carbocycles. The second-order valence-electron chi connectivity index (χ2n) is 21.4. The fourth-order valence-corrected chi connectivity index (χ4v) is 9.79. The summed E-state index contributed by atoms with van der Waals surface area (Å²) in [5.74, 6) is -0.139. The molecule has 0 aliphatic carbocycles. The smallest absolute Gasteiger partial charge is 0.391 e. The molecule has 8 nitrogen and oxygen atoms in total. The van der Waals surface area contributed by atoms with Gasteiger partial charge in [0.2, 0.25) is 5.91 Å². The third-order valence-corrected chi connectivity index (χ3v) is 14.6. The maximum absolute atomic E-state index is 12.9. The van der Waals surface area contributed by atoms with Crippen LogP contribution in [0.1, 0.15) is 303 Å². The van der Waals surface area contributed by atoms with Crippen molar-refractivity contribution in [3.05, 3.63) is 0 Å². The van der Waals surface area contributed by atoms with Crippen LogP contribution in [0.5, 0.6) is 0 Å². The summed E-state index contributed by atoms with van der Waals surface area (Å²) in [6.07, 6.45) is 57.6. The topological polar surface area (TPSA) is 105 Å². The van der Waals surface area contributed by atoms with Gasteiger partial charge in [-0.1, -0.05) is 284 Å². The fourth-order valence-electron chi connectivity index (χ4n) is 9.05. The predicted molar refractivity (Wildman–Crippen MR) is 282 cm³/mol. The molecule has 0 saturated carbocycles. The lowest BCUT2D eigenvalue weighted by molar-refractivity contribution is -0.870. The molecule has 0 aromatic heterocycles. The molecule has 3 atom stereocenters. The lowest BCUT2D eigenvalue weighted by atomic mass is 10.0. The molecule has 0 aliphatic heterocycles. The number of hydrogen-bond acceptors (Lipinski definition) is 5. The molecule has 0 saturated heterocycles. The van der Waals surface area contributed by atoms with Crippen molar-refractivity contribution in [3.63, 3.8) is 0 Å². The SMILES string of the molecule is CCCCCCCCCCCCCCCCCCCCCCCCCCCCCCCCCCCC(=O)N[C@@H](COP(=O)(O)OCC[N+](C)(C)C)[C@H](O)CCCCCCCCCCCC. The summed E-state index contributed by atoms with van der Waals surface area (Å²) in [7, 11) is 1.63. The number of nitrogens with zero attached hydrogens (tertiary/aromatic N) is 1. The standard InChI is InChI=1S/C56H115N2O6P/c1-6-8-10-12-14-16-18-19-20-21-22-23-24-25-26-27-28-29-30-31-32-33-34-35-36-37-38-39-40-42-44-46-48-50-56(60)57-54(53-64-65(61,62)63-52-51-58(3,4)5)55(59)49-47-45-43-41-17-15-13-11-9-7-2/h54-55,59H,6-53H2,1-5H3,(H-,57,60,61,62)/p+1/t54-,55+/m0/s1. The van der Waals surface area contributed by atoms with E-state index >= 15 is 0 Å². The Kier molecular flexibility index (Phi) is 48.1. The highest BCUT2D eigenvalue weighted by molar-refractivity contribution is 7.47. The number of aliphatic hydroxyl groups is 1.